The van der Waals surface area contributed by atoms with Crippen LogP contribution >= 0.6 is 0 Å². The first-order chi connectivity index (χ1) is 15.0. The minimum atomic E-state index is -0.369. The van der Waals surface area contributed by atoms with Crippen molar-refractivity contribution in [3.8, 4) is 5.69 Å². The Labute approximate surface area is 181 Å². The summed E-state index contributed by atoms with van der Waals surface area (Å²) in [6.07, 6.45) is 4.41. The predicted molar refractivity (Wildman–Crippen MR) is 116 cm³/mol. The van der Waals surface area contributed by atoms with Gasteiger partial charge in [-0.1, -0.05) is 29.0 Å². The van der Waals surface area contributed by atoms with Crippen molar-refractivity contribution >= 4 is 11.8 Å². The zero-order chi connectivity index (χ0) is 21.8. The summed E-state index contributed by atoms with van der Waals surface area (Å²) in [5, 5.41) is 11.1. The van der Waals surface area contributed by atoms with Crippen LogP contribution in [0.2, 0.25) is 0 Å². The molecule has 1 aliphatic rings. The van der Waals surface area contributed by atoms with Gasteiger partial charge in [0.15, 0.2) is 5.69 Å². The Morgan fingerprint density at radius 3 is 2.61 bits per heavy atom. The Bertz CT molecular complexity index is 1060. The Morgan fingerprint density at radius 2 is 1.94 bits per heavy atom. The lowest BCUT2D eigenvalue weighted by atomic mass is 10.2. The lowest BCUT2D eigenvalue weighted by molar-refractivity contribution is -0.128. The number of benzene rings is 1. The fourth-order valence-corrected chi connectivity index (χ4v) is 3.38. The number of hydrogen-bond donors (Lipinski definition) is 1. The zero-order valence-electron chi connectivity index (χ0n) is 17.8. The molecule has 31 heavy (non-hydrogen) atoms. The number of nitrogens with one attached hydrogen (secondary N) is 1. The van der Waals surface area contributed by atoms with E-state index in [2.05, 4.69) is 20.6 Å². The minimum absolute atomic E-state index is 0.0843. The highest BCUT2D eigenvalue weighted by Gasteiger charge is 2.34. The standard InChI is InChI=1S/C23H26N6O2/c1-16-6-10-19(11-7-16)29-22(17-8-9-17)21(26-27-29)23(31)25-15-20(30)28(2)14-12-18-5-3-4-13-24-18/h3-7,10-11,13,17H,8-9,12,14-15H2,1-2H3,(H,25,31). The number of pyridine rings is 1. The van der Waals surface area contributed by atoms with Gasteiger partial charge in [0, 0.05) is 37.8 Å². The Morgan fingerprint density at radius 1 is 1.16 bits per heavy atom. The molecule has 8 heteroatoms. The van der Waals surface area contributed by atoms with E-state index in [0.29, 0.717) is 18.7 Å². The van der Waals surface area contributed by atoms with E-state index < -0.39 is 0 Å². The summed E-state index contributed by atoms with van der Waals surface area (Å²) >= 11 is 0. The van der Waals surface area contributed by atoms with Crippen molar-refractivity contribution in [2.75, 3.05) is 20.1 Å². The summed E-state index contributed by atoms with van der Waals surface area (Å²) in [6, 6.07) is 13.7. The number of amides is 2. The number of likely N-dealkylation sites (N-methyl/N-ethyl adjacent to an activating group) is 1. The summed E-state index contributed by atoms with van der Waals surface area (Å²) in [7, 11) is 1.72. The van der Waals surface area contributed by atoms with Gasteiger partial charge in [0.2, 0.25) is 5.91 Å². The van der Waals surface area contributed by atoms with Crippen molar-refractivity contribution in [2.45, 2.75) is 32.1 Å². The molecular weight excluding hydrogens is 392 g/mol. The molecule has 0 unspecified atom stereocenters. The highest BCUT2D eigenvalue weighted by molar-refractivity contribution is 5.96. The average molecular weight is 419 g/mol. The van der Waals surface area contributed by atoms with Gasteiger partial charge in [-0.25, -0.2) is 4.68 Å². The number of aryl methyl sites for hydroxylation is 1. The van der Waals surface area contributed by atoms with Crippen molar-refractivity contribution in [1.29, 1.82) is 0 Å². The van der Waals surface area contributed by atoms with Crippen LogP contribution in [0.25, 0.3) is 5.69 Å². The zero-order valence-corrected chi connectivity index (χ0v) is 17.8. The number of carbonyl (C=O) groups is 2. The Kier molecular flexibility index (Phi) is 6.06. The fourth-order valence-electron chi connectivity index (χ4n) is 3.38. The Balaban J connectivity index is 1.38. The van der Waals surface area contributed by atoms with Crippen LogP contribution in [0, 0.1) is 6.92 Å². The smallest absolute Gasteiger partial charge is 0.274 e. The van der Waals surface area contributed by atoms with Gasteiger partial charge in [-0.2, -0.15) is 0 Å². The van der Waals surface area contributed by atoms with E-state index in [1.165, 1.54) is 0 Å². The molecule has 1 aliphatic carbocycles. The maximum absolute atomic E-state index is 12.8. The highest BCUT2D eigenvalue weighted by atomic mass is 16.2. The second-order valence-corrected chi connectivity index (χ2v) is 7.91. The largest absolute Gasteiger partial charge is 0.344 e. The lowest BCUT2D eigenvalue weighted by Gasteiger charge is -2.17. The molecule has 1 saturated carbocycles. The molecule has 0 aliphatic heterocycles. The molecule has 1 fully saturated rings. The molecule has 0 spiro atoms. The lowest BCUT2D eigenvalue weighted by Crippen LogP contribution is -2.39. The normalized spacial score (nSPS) is 13.1. The molecule has 0 saturated heterocycles. The van der Waals surface area contributed by atoms with E-state index in [4.69, 9.17) is 0 Å². The van der Waals surface area contributed by atoms with E-state index in [-0.39, 0.29) is 24.3 Å². The van der Waals surface area contributed by atoms with Crippen LogP contribution in [0.4, 0.5) is 0 Å². The minimum Gasteiger partial charge on any atom is -0.344 e. The molecule has 2 amide bonds. The van der Waals surface area contributed by atoms with Gasteiger partial charge >= 0.3 is 0 Å². The number of aromatic nitrogens is 4. The van der Waals surface area contributed by atoms with E-state index in [9.17, 15) is 9.59 Å². The Hall–Kier alpha value is -3.55. The molecule has 4 rings (SSSR count). The summed E-state index contributed by atoms with van der Waals surface area (Å²) in [5.41, 5.74) is 4.07. The van der Waals surface area contributed by atoms with Crippen LogP contribution in [0.5, 0.6) is 0 Å². The molecule has 1 aromatic carbocycles. The highest BCUT2D eigenvalue weighted by Crippen LogP contribution is 2.41. The second-order valence-electron chi connectivity index (χ2n) is 7.91. The third kappa shape index (κ3) is 4.96. The molecule has 2 aromatic heterocycles. The number of nitrogens with zero attached hydrogens (tertiary/aromatic N) is 5. The molecule has 0 bridgehead atoms. The van der Waals surface area contributed by atoms with Crippen LogP contribution in [0.15, 0.2) is 48.7 Å². The van der Waals surface area contributed by atoms with Crippen LogP contribution in [-0.2, 0) is 11.2 Å². The van der Waals surface area contributed by atoms with E-state index in [1.54, 1.807) is 22.8 Å². The summed E-state index contributed by atoms with van der Waals surface area (Å²) in [4.78, 5) is 31.1. The quantitative estimate of drug-likeness (QED) is 0.606. The molecule has 2 heterocycles. The van der Waals surface area contributed by atoms with Crippen LogP contribution in [0.1, 0.15) is 46.2 Å². The van der Waals surface area contributed by atoms with Crippen molar-refractivity contribution in [2.24, 2.45) is 0 Å². The van der Waals surface area contributed by atoms with Gasteiger partial charge in [-0.3, -0.25) is 14.6 Å². The molecule has 0 atom stereocenters. The number of carbonyl (C=O) groups excluding carboxylic acids is 2. The van der Waals surface area contributed by atoms with Crippen molar-refractivity contribution in [3.63, 3.8) is 0 Å². The topological polar surface area (TPSA) is 93.0 Å². The van der Waals surface area contributed by atoms with Gasteiger partial charge in [0.05, 0.1) is 17.9 Å². The first-order valence-electron chi connectivity index (χ1n) is 10.5. The molecular formula is C23H26N6O2. The predicted octanol–water partition coefficient (Wildman–Crippen LogP) is 2.28. The van der Waals surface area contributed by atoms with Gasteiger partial charge < -0.3 is 10.2 Å². The molecule has 8 nitrogen and oxygen atoms in total. The van der Waals surface area contributed by atoms with E-state index >= 15 is 0 Å². The van der Waals surface area contributed by atoms with Gasteiger partial charge in [0.1, 0.15) is 0 Å². The second kappa shape index (κ2) is 9.07. The van der Waals surface area contributed by atoms with Crippen LogP contribution in [-0.4, -0.2) is 56.8 Å². The third-order valence-electron chi connectivity index (χ3n) is 5.42. The third-order valence-corrected chi connectivity index (χ3v) is 5.42. The number of hydrogen-bond acceptors (Lipinski definition) is 5. The first kappa shape index (κ1) is 20.7. The monoisotopic (exact) mass is 418 g/mol. The summed E-state index contributed by atoms with van der Waals surface area (Å²) in [5.74, 6) is -0.260. The first-order valence-corrected chi connectivity index (χ1v) is 10.5. The molecule has 0 radical (unpaired) electrons. The van der Waals surface area contributed by atoms with Gasteiger partial charge in [-0.05, 0) is 44.0 Å². The van der Waals surface area contributed by atoms with Crippen LogP contribution < -0.4 is 5.32 Å². The van der Waals surface area contributed by atoms with Crippen molar-refractivity contribution in [1.82, 2.24) is 30.2 Å². The van der Waals surface area contributed by atoms with Gasteiger partial charge in [0.25, 0.3) is 5.91 Å². The summed E-state index contributed by atoms with van der Waals surface area (Å²) < 4.78 is 1.74. The fraction of sp³-hybridized carbons (Fsp3) is 0.348. The molecule has 160 valence electrons. The van der Waals surface area contributed by atoms with E-state index in [0.717, 1.165) is 35.5 Å². The SMILES string of the molecule is Cc1ccc(-n2nnc(C(=O)NCC(=O)N(C)CCc3ccccn3)c2C2CC2)cc1. The molecule has 1 N–H and O–H groups in total. The summed E-state index contributed by atoms with van der Waals surface area (Å²) in [6.45, 7) is 2.47. The maximum Gasteiger partial charge on any atom is 0.274 e. The number of rotatable bonds is 8. The van der Waals surface area contributed by atoms with Crippen molar-refractivity contribution < 1.29 is 9.59 Å². The van der Waals surface area contributed by atoms with Crippen molar-refractivity contribution in [3.05, 3.63) is 71.3 Å². The maximum atomic E-state index is 12.8. The molecule has 3 aromatic rings. The van der Waals surface area contributed by atoms with Gasteiger partial charge in [-0.15, -0.1) is 5.10 Å². The van der Waals surface area contributed by atoms with Crippen LogP contribution in [0.3, 0.4) is 0 Å². The van der Waals surface area contributed by atoms with E-state index in [1.807, 2.05) is 49.4 Å². The average Bonchev–Trinajstić information content (AvgIpc) is 3.54.